The first kappa shape index (κ1) is 15.5. The van der Waals surface area contributed by atoms with Crippen LogP contribution < -0.4 is 10.6 Å². The number of halogens is 1. The minimum atomic E-state index is -0.449. The number of aryl methyl sites for hydroxylation is 1. The third-order valence-electron chi connectivity index (χ3n) is 3.95. The zero-order valence-corrected chi connectivity index (χ0v) is 12.7. The molecule has 0 aliphatic carbocycles. The number of nitrogens with one attached hydrogen (secondary N) is 3. The number of amides is 2. The number of hydrogen-bond donors (Lipinski definition) is 3. The van der Waals surface area contributed by atoms with E-state index >= 15 is 0 Å². The molecule has 1 aliphatic heterocycles. The fourth-order valence-corrected chi connectivity index (χ4v) is 2.73. The van der Waals surface area contributed by atoms with Crippen LogP contribution in [-0.2, 0) is 16.0 Å². The Balaban J connectivity index is 1.56. The molecule has 1 aromatic heterocycles. The second-order valence-corrected chi connectivity index (χ2v) is 5.75. The molecule has 0 bridgehead atoms. The Bertz CT molecular complexity index is 728. The molecule has 0 radical (unpaired) electrons. The van der Waals surface area contributed by atoms with Gasteiger partial charge >= 0.3 is 0 Å². The molecule has 1 aliphatic rings. The number of nitrogens with zero attached hydrogens (tertiary/aromatic N) is 1. The van der Waals surface area contributed by atoms with Crippen LogP contribution in [0, 0.1) is 5.82 Å². The third-order valence-corrected chi connectivity index (χ3v) is 3.95. The standard InChI is InChI=1S/C16H19FN4O2/c17-10-4-5-11-13(9-10)20-14(19-11)6-7-15(22)21-12-3-1-2-8-18-16(12)23/h4-5,9,12H,1-3,6-8H2,(H,18,23)(H,19,20)(H,21,22). The van der Waals surface area contributed by atoms with E-state index in [-0.39, 0.29) is 24.1 Å². The van der Waals surface area contributed by atoms with Gasteiger partial charge in [-0.05, 0) is 37.5 Å². The van der Waals surface area contributed by atoms with Gasteiger partial charge in [-0.1, -0.05) is 0 Å². The summed E-state index contributed by atoms with van der Waals surface area (Å²) in [6, 6.07) is 3.88. The Morgan fingerprint density at radius 2 is 2.26 bits per heavy atom. The number of fused-ring (bicyclic) bond motifs is 1. The second kappa shape index (κ2) is 6.76. The van der Waals surface area contributed by atoms with Gasteiger partial charge in [0.2, 0.25) is 11.8 Å². The topological polar surface area (TPSA) is 86.9 Å². The summed E-state index contributed by atoms with van der Waals surface area (Å²) in [6.07, 6.45) is 3.16. The lowest BCUT2D eigenvalue weighted by molar-refractivity contribution is -0.128. The Morgan fingerprint density at radius 3 is 3.13 bits per heavy atom. The number of benzene rings is 1. The van der Waals surface area contributed by atoms with Crippen molar-refractivity contribution in [3.63, 3.8) is 0 Å². The van der Waals surface area contributed by atoms with E-state index in [1.807, 2.05) is 0 Å². The molecule has 1 atom stereocenters. The largest absolute Gasteiger partial charge is 0.354 e. The van der Waals surface area contributed by atoms with Gasteiger partial charge in [-0.3, -0.25) is 9.59 Å². The van der Waals surface area contributed by atoms with Crippen LogP contribution in [0.4, 0.5) is 4.39 Å². The lowest BCUT2D eigenvalue weighted by Crippen LogP contribution is -2.45. The van der Waals surface area contributed by atoms with Gasteiger partial charge in [0.05, 0.1) is 11.0 Å². The molecule has 2 heterocycles. The highest BCUT2D eigenvalue weighted by atomic mass is 19.1. The Labute approximate surface area is 132 Å². The maximum absolute atomic E-state index is 13.1. The molecule has 1 fully saturated rings. The molecular formula is C16H19FN4O2. The van der Waals surface area contributed by atoms with Gasteiger partial charge in [-0.2, -0.15) is 0 Å². The van der Waals surface area contributed by atoms with E-state index in [0.29, 0.717) is 36.2 Å². The molecule has 6 nitrogen and oxygen atoms in total. The van der Waals surface area contributed by atoms with Gasteiger partial charge in [-0.25, -0.2) is 9.37 Å². The Morgan fingerprint density at radius 1 is 1.39 bits per heavy atom. The molecule has 2 amide bonds. The first-order chi connectivity index (χ1) is 11.1. The van der Waals surface area contributed by atoms with E-state index in [1.165, 1.54) is 12.1 Å². The maximum atomic E-state index is 13.1. The van der Waals surface area contributed by atoms with Crippen LogP contribution in [0.3, 0.4) is 0 Å². The van der Waals surface area contributed by atoms with Crippen LogP contribution in [0.5, 0.6) is 0 Å². The number of imidazole rings is 1. The van der Waals surface area contributed by atoms with Crippen molar-refractivity contribution < 1.29 is 14.0 Å². The van der Waals surface area contributed by atoms with E-state index in [0.717, 1.165) is 12.8 Å². The second-order valence-electron chi connectivity index (χ2n) is 5.75. The molecule has 3 N–H and O–H groups in total. The highest BCUT2D eigenvalue weighted by Gasteiger charge is 2.22. The van der Waals surface area contributed by atoms with Crippen molar-refractivity contribution in [3.8, 4) is 0 Å². The van der Waals surface area contributed by atoms with Crippen LogP contribution in [0.15, 0.2) is 18.2 Å². The maximum Gasteiger partial charge on any atom is 0.242 e. The minimum Gasteiger partial charge on any atom is -0.354 e. The molecule has 122 valence electrons. The Hall–Kier alpha value is -2.44. The average Bonchev–Trinajstić information content (AvgIpc) is 2.82. The van der Waals surface area contributed by atoms with Crippen LogP contribution in [0.1, 0.15) is 31.5 Å². The number of rotatable bonds is 4. The molecule has 23 heavy (non-hydrogen) atoms. The third kappa shape index (κ3) is 3.85. The molecule has 1 aromatic carbocycles. The van der Waals surface area contributed by atoms with Gasteiger partial charge in [0.25, 0.3) is 0 Å². The van der Waals surface area contributed by atoms with E-state index < -0.39 is 6.04 Å². The lowest BCUT2D eigenvalue weighted by atomic mass is 10.1. The summed E-state index contributed by atoms with van der Waals surface area (Å²) in [5, 5.41) is 5.56. The summed E-state index contributed by atoms with van der Waals surface area (Å²) in [7, 11) is 0. The van der Waals surface area contributed by atoms with Crippen molar-refractivity contribution in [2.45, 2.75) is 38.1 Å². The number of carbonyl (C=O) groups is 2. The van der Waals surface area contributed by atoms with E-state index in [2.05, 4.69) is 20.6 Å². The fraction of sp³-hybridized carbons (Fsp3) is 0.438. The van der Waals surface area contributed by atoms with Crippen LogP contribution in [-0.4, -0.2) is 34.4 Å². The van der Waals surface area contributed by atoms with Crippen molar-refractivity contribution >= 4 is 22.8 Å². The van der Waals surface area contributed by atoms with Gasteiger partial charge in [0.1, 0.15) is 17.7 Å². The summed E-state index contributed by atoms with van der Waals surface area (Å²) in [5.74, 6) is 0.00429. The molecule has 2 aromatic rings. The number of hydrogen-bond acceptors (Lipinski definition) is 3. The van der Waals surface area contributed by atoms with E-state index in [9.17, 15) is 14.0 Å². The molecule has 7 heteroatoms. The number of carbonyl (C=O) groups excluding carboxylic acids is 2. The van der Waals surface area contributed by atoms with Crippen LogP contribution in [0.25, 0.3) is 11.0 Å². The highest BCUT2D eigenvalue weighted by Crippen LogP contribution is 2.14. The predicted molar refractivity (Wildman–Crippen MR) is 83.2 cm³/mol. The van der Waals surface area contributed by atoms with Gasteiger partial charge in [-0.15, -0.1) is 0 Å². The molecular weight excluding hydrogens is 299 g/mol. The molecule has 3 rings (SSSR count). The van der Waals surface area contributed by atoms with Crippen molar-refractivity contribution in [2.75, 3.05) is 6.54 Å². The first-order valence-electron chi connectivity index (χ1n) is 7.83. The van der Waals surface area contributed by atoms with E-state index in [1.54, 1.807) is 6.07 Å². The normalized spacial score (nSPS) is 18.5. The van der Waals surface area contributed by atoms with Crippen molar-refractivity contribution in [2.24, 2.45) is 0 Å². The number of aromatic amines is 1. The van der Waals surface area contributed by atoms with Crippen molar-refractivity contribution in [3.05, 3.63) is 29.8 Å². The lowest BCUT2D eigenvalue weighted by Gasteiger charge is -2.14. The summed E-state index contributed by atoms with van der Waals surface area (Å²) < 4.78 is 13.1. The van der Waals surface area contributed by atoms with Crippen molar-refractivity contribution in [1.82, 2.24) is 20.6 Å². The highest BCUT2D eigenvalue weighted by molar-refractivity contribution is 5.87. The number of aromatic nitrogens is 2. The Kier molecular flexibility index (Phi) is 4.55. The van der Waals surface area contributed by atoms with Crippen LogP contribution >= 0.6 is 0 Å². The molecule has 0 saturated carbocycles. The predicted octanol–water partition coefficient (Wildman–Crippen LogP) is 1.42. The quantitative estimate of drug-likeness (QED) is 0.797. The van der Waals surface area contributed by atoms with Gasteiger partial charge in [0, 0.05) is 19.4 Å². The average molecular weight is 318 g/mol. The fourth-order valence-electron chi connectivity index (χ4n) is 2.73. The summed E-state index contributed by atoms with van der Waals surface area (Å²) in [4.78, 5) is 31.1. The summed E-state index contributed by atoms with van der Waals surface area (Å²) in [6.45, 7) is 0.667. The molecule has 1 unspecified atom stereocenters. The monoisotopic (exact) mass is 318 g/mol. The number of H-pyrrole nitrogens is 1. The SMILES string of the molecule is O=C(CCc1nc2ccc(F)cc2[nH]1)NC1CCCCNC1=O. The first-order valence-corrected chi connectivity index (χ1v) is 7.83. The van der Waals surface area contributed by atoms with Gasteiger partial charge in [0.15, 0.2) is 0 Å². The molecule has 1 saturated heterocycles. The van der Waals surface area contributed by atoms with E-state index in [4.69, 9.17) is 0 Å². The molecule has 0 spiro atoms. The minimum absolute atomic E-state index is 0.116. The van der Waals surface area contributed by atoms with Gasteiger partial charge < -0.3 is 15.6 Å². The van der Waals surface area contributed by atoms with Crippen LogP contribution in [0.2, 0.25) is 0 Å². The zero-order chi connectivity index (χ0) is 16.2. The smallest absolute Gasteiger partial charge is 0.242 e. The summed E-state index contributed by atoms with van der Waals surface area (Å²) in [5.41, 5.74) is 1.29. The zero-order valence-electron chi connectivity index (χ0n) is 12.7. The van der Waals surface area contributed by atoms with Crippen molar-refractivity contribution in [1.29, 1.82) is 0 Å². The summed E-state index contributed by atoms with van der Waals surface area (Å²) >= 11 is 0.